The van der Waals surface area contributed by atoms with Crippen LogP contribution in [0.4, 0.5) is 4.79 Å². The lowest BCUT2D eigenvalue weighted by molar-refractivity contribution is 0.0887. The number of amides is 3. The van der Waals surface area contributed by atoms with E-state index in [2.05, 4.69) is 10.6 Å². The number of nitrogens with one attached hydrogen (secondary N) is 2. The van der Waals surface area contributed by atoms with E-state index in [1.165, 1.54) is 0 Å². The molecule has 2 unspecified atom stereocenters. The van der Waals surface area contributed by atoms with Crippen LogP contribution in [0.3, 0.4) is 0 Å². The van der Waals surface area contributed by atoms with Crippen LogP contribution < -0.4 is 20.1 Å². The summed E-state index contributed by atoms with van der Waals surface area (Å²) in [6.45, 7) is 6.44. The molecule has 1 aliphatic rings. The Bertz CT molecular complexity index is 946. The fourth-order valence-electron chi connectivity index (χ4n) is 4.21. The van der Waals surface area contributed by atoms with Gasteiger partial charge in [-0.25, -0.2) is 4.79 Å². The molecule has 0 aromatic heterocycles. The molecule has 2 aromatic rings. The van der Waals surface area contributed by atoms with E-state index in [1.54, 1.807) is 26.4 Å². The molecule has 172 valence electrons. The van der Waals surface area contributed by atoms with Gasteiger partial charge in [0, 0.05) is 18.2 Å². The van der Waals surface area contributed by atoms with Crippen LogP contribution in [-0.2, 0) is 6.42 Å². The molecule has 3 amide bonds. The molecule has 0 aliphatic carbocycles. The molecule has 7 heteroatoms. The van der Waals surface area contributed by atoms with Crippen LogP contribution >= 0.6 is 0 Å². The highest BCUT2D eigenvalue weighted by Crippen LogP contribution is 2.40. The van der Waals surface area contributed by atoms with Gasteiger partial charge < -0.3 is 25.0 Å². The Hall–Kier alpha value is -3.22. The molecule has 1 heterocycles. The number of methoxy groups -OCH3 is 2. The van der Waals surface area contributed by atoms with Crippen molar-refractivity contribution in [3.8, 4) is 11.5 Å². The monoisotopic (exact) mass is 439 g/mol. The summed E-state index contributed by atoms with van der Waals surface area (Å²) in [7, 11) is 3.21. The molecule has 3 rings (SSSR count). The standard InChI is InChI=1S/C25H33N3O4/c1-6-20(27-24(29)17-10-8-7-9-11-17)23-19-15-22(32-5)21(31-4)14-18(19)12-13-28(23)25(30)26-16(2)3/h7-11,14-16,20,23H,6,12-13H2,1-5H3,(H,26,30)(H,27,29). The van der Waals surface area contributed by atoms with Gasteiger partial charge in [0.1, 0.15) is 0 Å². The van der Waals surface area contributed by atoms with Crippen molar-refractivity contribution in [2.75, 3.05) is 20.8 Å². The zero-order valence-corrected chi connectivity index (χ0v) is 19.5. The maximum atomic E-state index is 13.1. The molecule has 0 bridgehead atoms. The van der Waals surface area contributed by atoms with Crippen molar-refractivity contribution >= 4 is 11.9 Å². The van der Waals surface area contributed by atoms with Gasteiger partial charge in [0.25, 0.3) is 5.91 Å². The second-order valence-electron chi connectivity index (χ2n) is 8.25. The Morgan fingerprint density at radius 2 is 1.72 bits per heavy atom. The van der Waals surface area contributed by atoms with Crippen LogP contribution in [0.5, 0.6) is 11.5 Å². The van der Waals surface area contributed by atoms with E-state index in [0.29, 0.717) is 36.4 Å². The number of urea groups is 1. The predicted molar refractivity (Wildman–Crippen MR) is 124 cm³/mol. The van der Waals surface area contributed by atoms with Crippen LogP contribution in [0.2, 0.25) is 0 Å². The summed E-state index contributed by atoms with van der Waals surface area (Å²) < 4.78 is 11.0. The summed E-state index contributed by atoms with van der Waals surface area (Å²) in [6.07, 6.45) is 1.35. The number of benzene rings is 2. The topological polar surface area (TPSA) is 79.9 Å². The summed E-state index contributed by atoms with van der Waals surface area (Å²) in [5.74, 6) is 1.10. The molecule has 2 atom stereocenters. The summed E-state index contributed by atoms with van der Waals surface area (Å²) in [5, 5.41) is 6.17. The molecule has 0 radical (unpaired) electrons. The second-order valence-corrected chi connectivity index (χ2v) is 8.25. The van der Waals surface area contributed by atoms with E-state index in [-0.39, 0.29) is 30.1 Å². The number of ether oxygens (including phenoxy) is 2. The van der Waals surface area contributed by atoms with Crippen LogP contribution in [-0.4, -0.2) is 49.7 Å². The fourth-order valence-corrected chi connectivity index (χ4v) is 4.21. The lowest BCUT2D eigenvalue weighted by Crippen LogP contribution is -2.54. The van der Waals surface area contributed by atoms with Gasteiger partial charge in [-0.15, -0.1) is 0 Å². The molecule has 0 saturated heterocycles. The van der Waals surface area contributed by atoms with E-state index in [4.69, 9.17) is 9.47 Å². The van der Waals surface area contributed by atoms with Gasteiger partial charge in [-0.1, -0.05) is 25.1 Å². The Balaban J connectivity index is 2.03. The summed E-state index contributed by atoms with van der Waals surface area (Å²) in [4.78, 5) is 27.9. The summed E-state index contributed by atoms with van der Waals surface area (Å²) in [5.41, 5.74) is 2.65. The first kappa shape index (κ1) is 23.4. The number of rotatable bonds is 7. The van der Waals surface area contributed by atoms with Crippen LogP contribution in [0, 0.1) is 0 Å². The Morgan fingerprint density at radius 3 is 2.31 bits per heavy atom. The third-order valence-electron chi connectivity index (χ3n) is 5.77. The highest BCUT2D eigenvalue weighted by Gasteiger charge is 2.37. The highest BCUT2D eigenvalue weighted by atomic mass is 16.5. The van der Waals surface area contributed by atoms with Gasteiger partial charge in [-0.05, 0) is 62.1 Å². The number of carbonyl (C=O) groups is 2. The van der Waals surface area contributed by atoms with Crippen molar-refractivity contribution in [2.45, 2.75) is 51.7 Å². The van der Waals surface area contributed by atoms with Gasteiger partial charge in [-0.3, -0.25) is 4.79 Å². The molecule has 0 fully saturated rings. The smallest absolute Gasteiger partial charge is 0.318 e. The van der Waals surface area contributed by atoms with Crippen LogP contribution in [0.1, 0.15) is 54.7 Å². The number of hydrogen-bond donors (Lipinski definition) is 2. The van der Waals surface area contributed by atoms with Gasteiger partial charge in [0.2, 0.25) is 0 Å². The zero-order chi connectivity index (χ0) is 23.3. The fraction of sp³-hybridized carbons (Fsp3) is 0.440. The SMILES string of the molecule is CCC(NC(=O)c1ccccc1)C1c2cc(OC)c(OC)cc2CCN1C(=O)NC(C)C. The normalized spacial score (nSPS) is 16.2. The molecule has 2 aromatic carbocycles. The number of fused-ring (bicyclic) bond motifs is 1. The second kappa shape index (κ2) is 10.4. The molecule has 32 heavy (non-hydrogen) atoms. The summed E-state index contributed by atoms with van der Waals surface area (Å²) >= 11 is 0. The zero-order valence-electron chi connectivity index (χ0n) is 19.5. The maximum Gasteiger partial charge on any atom is 0.318 e. The first-order valence-corrected chi connectivity index (χ1v) is 11.1. The lowest BCUT2D eigenvalue weighted by Gasteiger charge is -2.42. The maximum absolute atomic E-state index is 13.1. The minimum Gasteiger partial charge on any atom is -0.493 e. The van der Waals surface area contributed by atoms with Gasteiger partial charge in [-0.2, -0.15) is 0 Å². The van der Waals surface area contributed by atoms with Crippen molar-refractivity contribution in [3.05, 3.63) is 59.2 Å². The number of hydrogen-bond acceptors (Lipinski definition) is 4. The van der Waals surface area contributed by atoms with E-state index in [0.717, 1.165) is 11.1 Å². The highest BCUT2D eigenvalue weighted by molar-refractivity contribution is 5.94. The molecule has 2 N–H and O–H groups in total. The van der Waals surface area contributed by atoms with Crippen molar-refractivity contribution in [1.29, 1.82) is 0 Å². The Morgan fingerprint density at radius 1 is 1.06 bits per heavy atom. The van der Waals surface area contributed by atoms with Gasteiger partial charge >= 0.3 is 6.03 Å². The lowest BCUT2D eigenvalue weighted by atomic mass is 9.86. The third-order valence-corrected chi connectivity index (χ3v) is 5.77. The summed E-state index contributed by atoms with van der Waals surface area (Å²) in [6, 6.07) is 12.3. The quantitative estimate of drug-likeness (QED) is 0.685. The Labute approximate surface area is 190 Å². The number of nitrogens with zero attached hydrogens (tertiary/aromatic N) is 1. The van der Waals surface area contributed by atoms with Crippen molar-refractivity contribution in [3.63, 3.8) is 0 Å². The van der Waals surface area contributed by atoms with Crippen molar-refractivity contribution in [2.24, 2.45) is 0 Å². The van der Waals surface area contributed by atoms with E-state index < -0.39 is 0 Å². The molecule has 7 nitrogen and oxygen atoms in total. The van der Waals surface area contributed by atoms with Crippen molar-refractivity contribution in [1.82, 2.24) is 15.5 Å². The first-order valence-electron chi connectivity index (χ1n) is 11.1. The van der Waals surface area contributed by atoms with Gasteiger partial charge in [0.15, 0.2) is 11.5 Å². The minimum atomic E-state index is -0.338. The van der Waals surface area contributed by atoms with Crippen molar-refractivity contribution < 1.29 is 19.1 Å². The molecular formula is C25H33N3O4. The minimum absolute atomic E-state index is 0.00827. The van der Waals surface area contributed by atoms with Crippen LogP contribution in [0.25, 0.3) is 0 Å². The van der Waals surface area contributed by atoms with Gasteiger partial charge in [0.05, 0.1) is 26.3 Å². The third kappa shape index (κ3) is 4.98. The predicted octanol–water partition coefficient (Wildman–Crippen LogP) is 3.93. The van der Waals surface area contributed by atoms with E-state index in [9.17, 15) is 9.59 Å². The molecule has 0 saturated carbocycles. The number of carbonyl (C=O) groups excluding carboxylic acids is 2. The average Bonchev–Trinajstić information content (AvgIpc) is 2.80. The Kier molecular flexibility index (Phi) is 7.62. The van der Waals surface area contributed by atoms with E-state index in [1.807, 2.05) is 56.0 Å². The molecular weight excluding hydrogens is 406 g/mol. The van der Waals surface area contributed by atoms with Crippen LogP contribution in [0.15, 0.2) is 42.5 Å². The average molecular weight is 440 g/mol. The largest absolute Gasteiger partial charge is 0.493 e. The van der Waals surface area contributed by atoms with E-state index >= 15 is 0 Å². The molecule has 0 spiro atoms. The molecule has 1 aliphatic heterocycles. The first-order chi connectivity index (χ1) is 15.4.